The molecule has 0 aliphatic rings. The van der Waals surface area contributed by atoms with Gasteiger partial charge in [-0.1, -0.05) is 41.4 Å². The number of aromatic nitrogens is 2. The molecule has 0 bridgehead atoms. The zero-order chi connectivity index (χ0) is 16.6. The molecule has 1 aromatic heterocycles. The van der Waals surface area contributed by atoms with E-state index in [9.17, 15) is 5.11 Å². The van der Waals surface area contributed by atoms with Gasteiger partial charge < -0.3 is 9.67 Å². The summed E-state index contributed by atoms with van der Waals surface area (Å²) in [6, 6.07) is 9.85. The van der Waals surface area contributed by atoms with Crippen LogP contribution in [0.2, 0.25) is 5.02 Å². The van der Waals surface area contributed by atoms with E-state index in [4.69, 9.17) is 11.6 Å². The standard InChI is InChI=1S/C19H19ClN2O/c1-12-9-13(2)17(14(3)10-12)19(23)15-5-4-6-16(18(15)20)22-8-7-21-11-22/h4-11,19,23H,1-3H3. The van der Waals surface area contributed by atoms with Crippen LogP contribution in [0.1, 0.15) is 33.9 Å². The zero-order valence-corrected chi connectivity index (χ0v) is 14.2. The van der Waals surface area contributed by atoms with Crippen LogP contribution >= 0.6 is 11.6 Å². The minimum absolute atomic E-state index is 0.539. The molecule has 3 nitrogen and oxygen atoms in total. The average molecular weight is 327 g/mol. The summed E-state index contributed by atoms with van der Waals surface area (Å²) in [5, 5.41) is 11.5. The number of rotatable bonds is 3. The van der Waals surface area contributed by atoms with Gasteiger partial charge in [-0.25, -0.2) is 4.98 Å². The van der Waals surface area contributed by atoms with Crippen LogP contribution in [0.15, 0.2) is 49.1 Å². The molecule has 4 heteroatoms. The number of hydrogen-bond acceptors (Lipinski definition) is 2. The highest BCUT2D eigenvalue weighted by Gasteiger charge is 2.20. The molecule has 1 N–H and O–H groups in total. The number of aliphatic hydroxyl groups excluding tert-OH is 1. The van der Waals surface area contributed by atoms with Crippen LogP contribution in [-0.4, -0.2) is 14.7 Å². The molecule has 2 aromatic carbocycles. The molecule has 0 aliphatic carbocycles. The number of imidazole rings is 1. The summed E-state index contributed by atoms with van der Waals surface area (Å²) in [6.07, 6.45) is 4.47. The Bertz CT molecular complexity index is 818. The van der Waals surface area contributed by atoms with Crippen LogP contribution in [0.3, 0.4) is 0 Å². The second-order valence-electron chi connectivity index (χ2n) is 5.87. The largest absolute Gasteiger partial charge is 0.384 e. The molecule has 0 radical (unpaired) electrons. The number of aliphatic hydroxyl groups is 1. The quantitative estimate of drug-likeness (QED) is 0.767. The highest BCUT2D eigenvalue weighted by atomic mass is 35.5. The van der Waals surface area contributed by atoms with Crippen molar-refractivity contribution >= 4 is 11.6 Å². The number of aryl methyl sites for hydroxylation is 3. The molecule has 23 heavy (non-hydrogen) atoms. The molecule has 3 rings (SSSR count). The Morgan fingerprint density at radius 3 is 2.43 bits per heavy atom. The molecule has 0 saturated carbocycles. The molecule has 0 aliphatic heterocycles. The van der Waals surface area contributed by atoms with Crippen LogP contribution in [0.5, 0.6) is 0 Å². The van der Waals surface area contributed by atoms with E-state index in [-0.39, 0.29) is 0 Å². The molecule has 1 heterocycles. The van der Waals surface area contributed by atoms with Gasteiger partial charge in [0.2, 0.25) is 0 Å². The van der Waals surface area contributed by atoms with E-state index < -0.39 is 6.10 Å². The fourth-order valence-corrected chi connectivity index (χ4v) is 3.45. The molecule has 0 fully saturated rings. The van der Waals surface area contributed by atoms with E-state index in [2.05, 4.69) is 24.0 Å². The minimum Gasteiger partial charge on any atom is -0.384 e. The highest BCUT2D eigenvalue weighted by molar-refractivity contribution is 6.33. The third-order valence-electron chi connectivity index (χ3n) is 4.10. The molecular weight excluding hydrogens is 308 g/mol. The first kappa shape index (κ1) is 15.8. The van der Waals surface area contributed by atoms with Gasteiger partial charge in [0.25, 0.3) is 0 Å². The topological polar surface area (TPSA) is 38.0 Å². The SMILES string of the molecule is Cc1cc(C)c(C(O)c2cccc(-n3ccnc3)c2Cl)c(C)c1. The van der Waals surface area contributed by atoms with Gasteiger partial charge in [-0.3, -0.25) is 0 Å². The lowest BCUT2D eigenvalue weighted by Crippen LogP contribution is -2.07. The Balaban J connectivity index is 2.11. The molecule has 0 amide bonds. The van der Waals surface area contributed by atoms with E-state index in [0.717, 1.165) is 22.4 Å². The van der Waals surface area contributed by atoms with Crippen molar-refractivity contribution < 1.29 is 5.11 Å². The first-order valence-electron chi connectivity index (χ1n) is 7.51. The smallest absolute Gasteiger partial charge is 0.106 e. The summed E-state index contributed by atoms with van der Waals surface area (Å²) in [4.78, 5) is 4.05. The van der Waals surface area contributed by atoms with Crippen LogP contribution < -0.4 is 0 Å². The van der Waals surface area contributed by atoms with Crippen molar-refractivity contribution in [1.29, 1.82) is 0 Å². The Morgan fingerprint density at radius 2 is 1.83 bits per heavy atom. The predicted molar refractivity (Wildman–Crippen MR) is 93.3 cm³/mol. The van der Waals surface area contributed by atoms with Gasteiger partial charge in [-0.2, -0.15) is 0 Å². The Kier molecular flexibility index (Phi) is 4.24. The fraction of sp³-hybridized carbons (Fsp3) is 0.211. The van der Waals surface area contributed by atoms with Gasteiger partial charge in [-0.15, -0.1) is 0 Å². The molecule has 1 atom stereocenters. The van der Waals surface area contributed by atoms with Gasteiger partial charge in [0.05, 0.1) is 17.0 Å². The van der Waals surface area contributed by atoms with Gasteiger partial charge in [0, 0.05) is 18.0 Å². The van der Waals surface area contributed by atoms with Crippen molar-refractivity contribution in [3.8, 4) is 5.69 Å². The normalized spacial score (nSPS) is 12.4. The fourth-order valence-electron chi connectivity index (χ4n) is 3.13. The number of nitrogens with zero attached hydrogens (tertiary/aromatic N) is 2. The van der Waals surface area contributed by atoms with E-state index in [1.54, 1.807) is 12.5 Å². The summed E-state index contributed by atoms with van der Waals surface area (Å²) in [5.41, 5.74) is 5.75. The lowest BCUT2D eigenvalue weighted by Gasteiger charge is -2.20. The summed E-state index contributed by atoms with van der Waals surface area (Å²) in [7, 11) is 0. The first-order chi connectivity index (χ1) is 11.0. The maximum atomic E-state index is 10.9. The van der Waals surface area contributed by atoms with Crippen LogP contribution in [0.25, 0.3) is 5.69 Å². The van der Waals surface area contributed by atoms with E-state index in [1.807, 2.05) is 42.8 Å². The van der Waals surface area contributed by atoms with Crippen molar-refractivity contribution in [3.05, 3.63) is 81.9 Å². The monoisotopic (exact) mass is 326 g/mol. The Labute approximate surface area is 141 Å². The molecule has 118 valence electrons. The predicted octanol–water partition coefficient (Wildman–Crippen LogP) is 4.53. The third-order valence-corrected chi connectivity index (χ3v) is 4.51. The van der Waals surface area contributed by atoms with Crippen LogP contribution in [0.4, 0.5) is 0 Å². The van der Waals surface area contributed by atoms with Crippen molar-refractivity contribution in [3.63, 3.8) is 0 Å². The highest BCUT2D eigenvalue weighted by Crippen LogP contribution is 2.35. The van der Waals surface area contributed by atoms with Gasteiger partial charge >= 0.3 is 0 Å². The molecule has 0 spiro atoms. The summed E-state index contributed by atoms with van der Waals surface area (Å²) < 4.78 is 1.84. The second-order valence-corrected chi connectivity index (χ2v) is 6.24. The molecular formula is C19H19ClN2O. The molecule has 0 saturated heterocycles. The van der Waals surface area contributed by atoms with Gasteiger partial charge in [0.1, 0.15) is 6.10 Å². The third kappa shape index (κ3) is 2.90. The molecule has 3 aromatic rings. The minimum atomic E-state index is -0.758. The van der Waals surface area contributed by atoms with Crippen molar-refractivity contribution in [1.82, 2.24) is 9.55 Å². The first-order valence-corrected chi connectivity index (χ1v) is 7.89. The van der Waals surface area contributed by atoms with Gasteiger partial charge in [0.15, 0.2) is 0 Å². The Hall–Kier alpha value is -2.10. The van der Waals surface area contributed by atoms with Gasteiger partial charge in [-0.05, 0) is 43.5 Å². The average Bonchev–Trinajstić information content (AvgIpc) is 3.00. The zero-order valence-electron chi connectivity index (χ0n) is 13.4. The van der Waals surface area contributed by atoms with Crippen molar-refractivity contribution in [2.45, 2.75) is 26.9 Å². The van der Waals surface area contributed by atoms with E-state index in [1.165, 1.54) is 5.56 Å². The van der Waals surface area contributed by atoms with Crippen molar-refractivity contribution in [2.75, 3.05) is 0 Å². The maximum absolute atomic E-state index is 10.9. The lowest BCUT2D eigenvalue weighted by atomic mass is 9.91. The number of hydrogen-bond donors (Lipinski definition) is 1. The van der Waals surface area contributed by atoms with Crippen molar-refractivity contribution in [2.24, 2.45) is 0 Å². The van der Waals surface area contributed by atoms with E-state index in [0.29, 0.717) is 10.6 Å². The van der Waals surface area contributed by atoms with Crippen LogP contribution in [0, 0.1) is 20.8 Å². The summed E-state index contributed by atoms with van der Waals surface area (Å²) in [6.45, 7) is 6.10. The maximum Gasteiger partial charge on any atom is 0.106 e. The summed E-state index contributed by atoms with van der Waals surface area (Å²) in [5.74, 6) is 0. The molecule has 1 unspecified atom stereocenters. The Morgan fingerprint density at radius 1 is 1.13 bits per heavy atom. The lowest BCUT2D eigenvalue weighted by molar-refractivity contribution is 0.219. The van der Waals surface area contributed by atoms with E-state index >= 15 is 0 Å². The summed E-state index contributed by atoms with van der Waals surface area (Å²) >= 11 is 6.57. The second kappa shape index (κ2) is 6.19. The van der Waals surface area contributed by atoms with Crippen LogP contribution in [-0.2, 0) is 0 Å². The number of halogens is 1. The number of benzene rings is 2.